The van der Waals surface area contributed by atoms with Crippen LogP contribution in [0.25, 0.3) is 0 Å². The quantitative estimate of drug-likeness (QED) is 0.302. The number of nitrogens with zero attached hydrogens (tertiary/aromatic N) is 2. The smallest absolute Gasteiger partial charge is 0.421 e. The molecule has 0 aromatic heterocycles. The minimum Gasteiger partial charge on any atom is -0.464 e. The number of carbonyl (C=O) groups excluding carboxylic acids is 5. The number of halogens is 1. The van der Waals surface area contributed by atoms with Crippen molar-refractivity contribution >= 4 is 35.5 Å². The Morgan fingerprint density at radius 1 is 0.905 bits per heavy atom. The van der Waals surface area contributed by atoms with Crippen molar-refractivity contribution in [2.45, 2.75) is 51.2 Å². The third-order valence-corrected chi connectivity index (χ3v) is 7.27. The third-order valence-electron chi connectivity index (χ3n) is 7.27. The topological polar surface area (TPSA) is 110 Å². The summed E-state index contributed by atoms with van der Waals surface area (Å²) < 4.78 is 25.8. The Morgan fingerprint density at radius 3 is 2.07 bits per heavy atom. The van der Waals surface area contributed by atoms with Gasteiger partial charge in [0.25, 0.3) is 17.7 Å². The molecule has 0 saturated heterocycles. The van der Waals surface area contributed by atoms with E-state index < -0.39 is 59.1 Å². The van der Waals surface area contributed by atoms with Crippen LogP contribution in [-0.4, -0.2) is 52.9 Å². The van der Waals surface area contributed by atoms with Crippen LogP contribution >= 0.6 is 0 Å². The molecule has 0 fully saturated rings. The molecule has 4 amide bonds. The SMILES string of the molecule is CCOC(=O)[C@H](C[C@]1(c2ccccc2)C(=O)N(C(=O)OC(C)(C)C)c2ccc(F)cc21)N1C(=O)c2ccccc2C1=O. The lowest BCUT2D eigenvalue weighted by molar-refractivity contribution is -0.148. The summed E-state index contributed by atoms with van der Waals surface area (Å²) >= 11 is 0. The molecule has 3 aromatic carbocycles. The molecule has 216 valence electrons. The first-order valence-electron chi connectivity index (χ1n) is 13.5. The van der Waals surface area contributed by atoms with Gasteiger partial charge >= 0.3 is 12.1 Å². The van der Waals surface area contributed by atoms with E-state index in [2.05, 4.69) is 0 Å². The van der Waals surface area contributed by atoms with Gasteiger partial charge in [-0.25, -0.2) is 18.9 Å². The summed E-state index contributed by atoms with van der Waals surface area (Å²) in [5.74, 6) is -3.91. The number of carbonyl (C=O) groups is 5. The molecule has 0 radical (unpaired) electrons. The van der Waals surface area contributed by atoms with Crippen LogP contribution in [0, 0.1) is 5.82 Å². The molecule has 0 bridgehead atoms. The molecule has 0 unspecified atom stereocenters. The van der Waals surface area contributed by atoms with Crippen molar-refractivity contribution in [1.82, 2.24) is 4.90 Å². The van der Waals surface area contributed by atoms with Crippen molar-refractivity contribution in [3.8, 4) is 0 Å². The summed E-state index contributed by atoms with van der Waals surface area (Å²) in [4.78, 5) is 70.3. The highest BCUT2D eigenvalue weighted by Crippen LogP contribution is 2.50. The minimum atomic E-state index is -1.89. The van der Waals surface area contributed by atoms with Gasteiger partial charge in [-0.15, -0.1) is 0 Å². The maximum atomic E-state index is 14.9. The van der Waals surface area contributed by atoms with Crippen LogP contribution < -0.4 is 4.90 Å². The van der Waals surface area contributed by atoms with E-state index >= 15 is 0 Å². The number of amides is 4. The van der Waals surface area contributed by atoms with Gasteiger partial charge in [-0.2, -0.15) is 0 Å². The Kier molecular flexibility index (Phi) is 7.18. The van der Waals surface area contributed by atoms with Gasteiger partial charge in [0.1, 0.15) is 22.9 Å². The summed E-state index contributed by atoms with van der Waals surface area (Å²) in [6, 6.07) is 16.3. The monoisotopic (exact) mass is 572 g/mol. The van der Waals surface area contributed by atoms with Crippen LogP contribution in [0.1, 0.15) is 66.0 Å². The van der Waals surface area contributed by atoms with E-state index in [1.807, 2.05) is 0 Å². The number of hydrogen-bond donors (Lipinski definition) is 0. The zero-order chi connectivity index (χ0) is 30.4. The van der Waals surface area contributed by atoms with Gasteiger partial charge in [-0.3, -0.25) is 19.3 Å². The molecule has 0 N–H and O–H groups in total. The van der Waals surface area contributed by atoms with Crippen LogP contribution in [0.2, 0.25) is 0 Å². The van der Waals surface area contributed by atoms with Crippen LogP contribution in [0.5, 0.6) is 0 Å². The lowest BCUT2D eigenvalue weighted by atomic mass is 9.70. The Bertz CT molecular complexity index is 1580. The highest BCUT2D eigenvalue weighted by Gasteiger charge is 2.58. The molecule has 10 heteroatoms. The zero-order valence-electron chi connectivity index (χ0n) is 23.5. The molecule has 2 aliphatic heterocycles. The van der Waals surface area contributed by atoms with Crippen molar-refractivity contribution in [2.24, 2.45) is 0 Å². The number of fused-ring (bicyclic) bond motifs is 2. The fraction of sp³-hybridized carbons (Fsp3) is 0.281. The number of esters is 1. The second-order valence-corrected chi connectivity index (χ2v) is 11.1. The van der Waals surface area contributed by atoms with Gasteiger partial charge < -0.3 is 9.47 Å². The second-order valence-electron chi connectivity index (χ2n) is 11.1. The molecule has 42 heavy (non-hydrogen) atoms. The molecule has 0 spiro atoms. The number of hydrogen-bond acceptors (Lipinski definition) is 7. The predicted octanol–water partition coefficient (Wildman–Crippen LogP) is 5.01. The molecule has 0 saturated carbocycles. The molecule has 2 aliphatic rings. The second kappa shape index (κ2) is 10.5. The Balaban J connectivity index is 1.73. The first-order valence-corrected chi connectivity index (χ1v) is 13.5. The maximum Gasteiger partial charge on any atom is 0.421 e. The van der Waals surface area contributed by atoms with E-state index in [4.69, 9.17) is 9.47 Å². The molecular formula is C32H29FN2O7. The average molecular weight is 573 g/mol. The predicted molar refractivity (Wildman–Crippen MR) is 149 cm³/mol. The van der Waals surface area contributed by atoms with Gasteiger partial charge in [0.2, 0.25) is 0 Å². The van der Waals surface area contributed by atoms with E-state index in [-0.39, 0.29) is 29.0 Å². The molecular weight excluding hydrogens is 543 g/mol. The third kappa shape index (κ3) is 4.62. The lowest BCUT2D eigenvalue weighted by Gasteiger charge is -2.35. The van der Waals surface area contributed by atoms with Gasteiger partial charge in [0, 0.05) is 6.42 Å². The standard InChI is InChI=1S/C32H29FN2O7/c1-5-41-28(38)25(34-26(36)21-13-9-10-14-22(21)27(34)37)18-32(19-11-7-6-8-12-19)23-17-20(33)15-16-24(23)35(29(32)39)30(40)42-31(2,3)4/h6-17,25H,5,18H2,1-4H3/t25-,32+/m0/s1. The fourth-order valence-corrected chi connectivity index (χ4v) is 5.57. The summed E-state index contributed by atoms with van der Waals surface area (Å²) in [5.41, 5.74) is -2.19. The molecule has 5 rings (SSSR count). The van der Waals surface area contributed by atoms with E-state index in [0.29, 0.717) is 5.56 Å². The van der Waals surface area contributed by atoms with Crippen LogP contribution in [0.15, 0.2) is 72.8 Å². The van der Waals surface area contributed by atoms with E-state index in [1.165, 1.54) is 18.2 Å². The van der Waals surface area contributed by atoms with E-state index in [0.717, 1.165) is 21.9 Å². The van der Waals surface area contributed by atoms with Gasteiger partial charge in [-0.1, -0.05) is 42.5 Å². The molecule has 3 aromatic rings. The van der Waals surface area contributed by atoms with Crippen molar-refractivity contribution in [1.29, 1.82) is 0 Å². The van der Waals surface area contributed by atoms with Crippen LogP contribution in [0.4, 0.5) is 14.9 Å². The fourth-order valence-electron chi connectivity index (χ4n) is 5.57. The normalized spacial score (nSPS) is 18.5. The highest BCUT2D eigenvalue weighted by atomic mass is 19.1. The number of benzene rings is 3. The Hall–Kier alpha value is -4.86. The summed E-state index contributed by atoms with van der Waals surface area (Å²) in [5, 5.41) is 0. The summed E-state index contributed by atoms with van der Waals surface area (Å²) in [6.45, 7) is 6.42. The van der Waals surface area contributed by atoms with Crippen molar-refractivity contribution in [3.05, 3.63) is 101 Å². The number of rotatable bonds is 6. The molecule has 9 nitrogen and oxygen atoms in total. The summed E-state index contributed by atoms with van der Waals surface area (Å²) in [7, 11) is 0. The highest BCUT2D eigenvalue weighted by molar-refractivity contribution is 6.24. The summed E-state index contributed by atoms with van der Waals surface area (Å²) in [6.07, 6.45) is -1.51. The maximum absolute atomic E-state index is 14.9. The van der Waals surface area contributed by atoms with Gasteiger partial charge in [0.15, 0.2) is 0 Å². The number of ether oxygens (including phenoxy) is 2. The Labute approximate surface area is 241 Å². The van der Waals surface area contributed by atoms with Crippen LogP contribution in [-0.2, 0) is 24.5 Å². The number of imide groups is 2. The van der Waals surface area contributed by atoms with Gasteiger partial charge in [-0.05, 0) is 69.2 Å². The van der Waals surface area contributed by atoms with Crippen LogP contribution in [0.3, 0.4) is 0 Å². The largest absolute Gasteiger partial charge is 0.464 e. The first-order chi connectivity index (χ1) is 19.9. The Morgan fingerprint density at radius 2 is 1.50 bits per heavy atom. The van der Waals surface area contributed by atoms with E-state index in [1.54, 1.807) is 70.2 Å². The van der Waals surface area contributed by atoms with E-state index in [9.17, 15) is 28.4 Å². The van der Waals surface area contributed by atoms with Gasteiger partial charge in [0.05, 0.1) is 23.4 Å². The van der Waals surface area contributed by atoms with Crippen molar-refractivity contribution < 1.29 is 37.8 Å². The first kappa shape index (κ1) is 28.7. The lowest BCUT2D eigenvalue weighted by Crippen LogP contribution is -2.53. The molecule has 2 atom stereocenters. The van der Waals surface area contributed by atoms with Crippen molar-refractivity contribution in [2.75, 3.05) is 11.5 Å². The molecule has 2 heterocycles. The zero-order valence-corrected chi connectivity index (χ0v) is 23.5. The average Bonchev–Trinajstić information content (AvgIpc) is 3.34. The number of anilines is 1. The minimum absolute atomic E-state index is 0.0597. The molecule has 0 aliphatic carbocycles. The van der Waals surface area contributed by atoms with Crippen molar-refractivity contribution in [3.63, 3.8) is 0 Å².